The van der Waals surface area contributed by atoms with E-state index >= 15 is 0 Å². The molecule has 0 amide bonds. The Morgan fingerprint density at radius 2 is 2.00 bits per heavy atom. The Kier molecular flexibility index (Phi) is 4.03. The zero-order valence-electron chi connectivity index (χ0n) is 13.5. The van der Waals surface area contributed by atoms with Crippen LogP contribution >= 0.6 is 0 Å². The summed E-state index contributed by atoms with van der Waals surface area (Å²) >= 11 is 0. The summed E-state index contributed by atoms with van der Waals surface area (Å²) in [6.07, 6.45) is 8.23. The van der Waals surface area contributed by atoms with Crippen LogP contribution in [0.3, 0.4) is 0 Å². The van der Waals surface area contributed by atoms with Crippen molar-refractivity contribution in [1.29, 1.82) is 0 Å². The summed E-state index contributed by atoms with van der Waals surface area (Å²) in [5.41, 5.74) is 11.4. The van der Waals surface area contributed by atoms with Crippen LogP contribution in [-0.4, -0.2) is 15.6 Å². The predicted octanol–water partition coefficient (Wildman–Crippen LogP) is 4.12. The molecule has 0 aliphatic heterocycles. The van der Waals surface area contributed by atoms with Gasteiger partial charge in [-0.3, -0.25) is 0 Å². The summed E-state index contributed by atoms with van der Waals surface area (Å²) in [6, 6.07) is 5.13. The number of nitrogens with zero attached hydrogens (tertiary/aromatic N) is 2. The third kappa shape index (κ3) is 2.71. The van der Waals surface area contributed by atoms with Crippen molar-refractivity contribution in [3.8, 4) is 0 Å². The first-order valence-electron chi connectivity index (χ1n) is 8.29. The molecular formula is C18H27N3. The van der Waals surface area contributed by atoms with Crippen LogP contribution in [0, 0.1) is 19.8 Å². The van der Waals surface area contributed by atoms with E-state index in [1.165, 1.54) is 42.3 Å². The molecule has 0 spiro atoms. The molecule has 3 heteroatoms. The first-order chi connectivity index (χ1) is 10.1. The van der Waals surface area contributed by atoms with Crippen LogP contribution < -0.4 is 5.73 Å². The van der Waals surface area contributed by atoms with Crippen molar-refractivity contribution in [3.05, 3.63) is 29.6 Å². The molecule has 0 radical (unpaired) electrons. The van der Waals surface area contributed by atoms with E-state index in [2.05, 4.69) is 42.5 Å². The number of benzene rings is 1. The lowest BCUT2D eigenvalue weighted by Crippen LogP contribution is -2.37. The number of imidazole rings is 1. The normalized spacial score (nSPS) is 26.4. The zero-order chi connectivity index (χ0) is 15.0. The number of fused-ring (bicyclic) bond motifs is 1. The minimum Gasteiger partial charge on any atom is -0.326 e. The van der Waals surface area contributed by atoms with E-state index in [0.717, 1.165) is 17.9 Å². The molecular weight excluding hydrogens is 258 g/mol. The van der Waals surface area contributed by atoms with Crippen LogP contribution in [0.4, 0.5) is 0 Å². The maximum atomic E-state index is 6.44. The van der Waals surface area contributed by atoms with Crippen LogP contribution in [-0.2, 0) is 0 Å². The number of nitrogens with two attached hydrogens (primary N) is 1. The molecule has 21 heavy (non-hydrogen) atoms. The van der Waals surface area contributed by atoms with Gasteiger partial charge in [0, 0.05) is 6.04 Å². The lowest BCUT2D eigenvalue weighted by Gasteiger charge is -2.35. The van der Waals surface area contributed by atoms with Gasteiger partial charge in [0.1, 0.15) is 0 Å². The minimum absolute atomic E-state index is 0.261. The zero-order valence-corrected chi connectivity index (χ0v) is 13.5. The molecule has 3 nitrogen and oxygen atoms in total. The van der Waals surface area contributed by atoms with Crippen LogP contribution in [0.2, 0.25) is 0 Å². The fourth-order valence-corrected chi connectivity index (χ4v) is 3.79. The van der Waals surface area contributed by atoms with Gasteiger partial charge in [-0.25, -0.2) is 4.98 Å². The monoisotopic (exact) mass is 285 g/mol. The fourth-order valence-electron chi connectivity index (χ4n) is 3.79. The molecule has 1 saturated carbocycles. The maximum absolute atomic E-state index is 6.44. The van der Waals surface area contributed by atoms with E-state index in [1.54, 1.807) is 0 Å². The molecule has 2 N–H and O–H groups in total. The van der Waals surface area contributed by atoms with Crippen LogP contribution in [0.15, 0.2) is 18.5 Å². The van der Waals surface area contributed by atoms with Crippen molar-refractivity contribution in [2.24, 2.45) is 11.7 Å². The molecule has 1 heterocycles. The van der Waals surface area contributed by atoms with Gasteiger partial charge in [0.15, 0.2) is 0 Å². The summed E-state index contributed by atoms with van der Waals surface area (Å²) in [7, 11) is 0. The van der Waals surface area contributed by atoms with Crippen molar-refractivity contribution in [2.75, 3.05) is 0 Å². The number of aromatic nitrogens is 2. The lowest BCUT2D eigenvalue weighted by atomic mass is 9.80. The molecule has 1 aliphatic rings. The van der Waals surface area contributed by atoms with Gasteiger partial charge in [-0.2, -0.15) is 0 Å². The third-order valence-electron chi connectivity index (χ3n) is 5.22. The summed E-state index contributed by atoms with van der Waals surface area (Å²) in [5.74, 6) is 0.823. The average Bonchev–Trinajstić information content (AvgIpc) is 2.84. The highest BCUT2D eigenvalue weighted by atomic mass is 15.1. The van der Waals surface area contributed by atoms with Crippen LogP contribution in [0.1, 0.15) is 56.2 Å². The van der Waals surface area contributed by atoms with Gasteiger partial charge in [0.05, 0.1) is 23.4 Å². The van der Waals surface area contributed by atoms with Gasteiger partial charge in [-0.05, 0) is 62.3 Å². The second kappa shape index (κ2) is 5.80. The van der Waals surface area contributed by atoms with Crippen LogP contribution in [0.25, 0.3) is 11.0 Å². The molecule has 2 aromatic rings. The van der Waals surface area contributed by atoms with E-state index in [4.69, 9.17) is 5.73 Å². The van der Waals surface area contributed by atoms with E-state index < -0.39 is 0 Å². The molecule has 1 aromatic carbocycles. The standard InChI is InChI=1S/C18H27N3/c1-4-5-14-6-7-15(19)17(10-14)21-11-20-16-8-12(2)13(3)9-18(16)21/h8-9,11,14-15,17H,4-7,10,19H2,1-3H3. The Bertz CT molecular complexity index is 629. The molecule has 1 aliphatic carbocycles. The second-order valence-electron chi connectivity index (χ2n) is 6.78. The summed E-state index contributed by atoms with van der Waals surface area (Å²) < 4.78 is 2.34. The van der Waals surface area contributed by atoms with E-state index in [1.807, 2.05) is 6.33 Å². The molecule has 0 bridgehead atoms. The molecule has 1 fully saturated rings. The topological polar surface area (TPSA) is 43.8 Å². The first kappa shape index (κ1) is 14.6. The van der Waals surface area contributed by atoms with Gasteiger partial charge in [0.2, 0.25) is 0 Å². The second-order valence-corrected chi connectivity index (χ2v) is 6.78. The predicted molar refractivity (Wildman–Crippen MR) is 88.5 cm³/mol. The van der Waals surface area contributed by atoms with E-state index in [-0.39, 0.29) is 6.04 Å². The quantitative estimate of drug-likeness (QED) is 0.921. The average molecular weight is 285 g/mol. The highest BCUT2D eigenvalue weighted by molar-refractivity contribution is 5.77. The van der Waals surface area contributed by atoms with E-state index in [0.29, 0.717) is 6.04 Å². The SMILES string of the molecule is CCCC1CCC(N)C(n2cnc3cc(C)c(C)cc32)C1. The Labute approximate surface area is 127 Å². The fraction of sp³-hybridized carbons (Fsp3) is 0.611. The number of hydrogen-bond donors (Lipinski definition) is 1. The van der Waals surface area contributed by atoms with E-state index in [9.17, 15) is 0 Å². The van der Waals surface area contributed by atoms with Crippen molar-refractivity contribution < 1.29 is 0 Å². The molecule has 3 atom stereocenters. The lowest BCUT2D eigenvalue weighted by molar-refractivity contribution is 0.228. The number of aryl methyl sites for hydroxylation is 2. The molecule has 3 rings (SSSR count). The number of rotatable bonds is 3. The number of hydrogen-bond acceptors (Lipinski definition) is 2. The Balaban J connectivity index is 1.96. The van der Waals surface area contributed by atoms with Crippen molar-refractivity contribution in [3.63, 3.8) is 0 Å². The van der Waals surface area contributed by atoms with Gasteiger partial charge in [0.25, 0.3) is 0 Å². The van der Waals surface area contributed by atoms with Gasteiger partial charge >= 0.3 is 0 Å². The summed E-state index contributed by atoms with van der Waals surface area (Å²) in [4.78, 5) is 4.61. The highest BCUT2D eigenvalue weighted by Gasteiger charge is 2.29. The van der Waals surface area contributed by atoms with Crippen LogP contribution in [0.5, 0.6) is 0 Å². The molecule has 0 saturated heterocycles. The smallest absolute Gasteiger partial charge is 0.0961 e. The third-order valence-corrected chi connectivity index (χ3v) is 5.22. The van der Waals surface area contributed by atoms with Gasteiger partial charge < -0.3 is 10.3 Å². The molecule has 3 unspecified atom stereocenters. The van der Waals surface area contributed by atoms with Crippen molar-refractivity contribution >= 4 is 11.0 Å². The van der Waals surface area contributed by atoms with Gasteiger partial charge in [-0.1, -0.05) is 19.8 Å². The minimum atomic E-state index is 0.261. The van der Waals surface area contributed by atoms with Gasteiger partial charge in [-0.15, -0.1) is 0 Å². The van der Waals surface area contributed by atoms with Crippen molar-refractivity contribution in [2.45, 2.75) is 65.0 Å². The van der Waals surface area contributed by atoms with Crippen molar-refractivity contribution in [1.82, 2.24) is 9.55 Å². The summed E-state index contributed by atoms with van der Waals surface area (Å²) in [5, 5.41) is 0. The molecule has 1 aromatic heterocycles. The Morgan fingerprint density at radius 3 is 2.76 bits per heavy atom. The maximum Gasteiger partial charge on any atom is 0.0961 e. The first-order valence-corrected chi connectivity index (χ1v) is 8.29. The largest absolute Gasteiger partial charge is 0.326 e. The summed E-state index contributed by atoms with van der Waals surface area (Å²) in [6.45, 7) is 6.60. The Hall–Kier alpha value is -1.35. The Morgan fingerprint density at radius 1 is 1.24 bits per heavy atom. The molecule has 114 valence electrons. The highest BCUT2D eigenvalue weighted by Crippen LogP contribution is 2.36.